The first-order chi connectivity index (χ1) is 13.3. The van der Waals surface area contributed by atoms with Gasteiger partial charge >= 0.3 is 0 Å². The van der Waals surface area contributed by atoms with Gasteiger partial charge in [0.15, 0.2) is 11.5 Å². The number of carbonyl (C=O) groups is 1. The van der Waals surface area contributed by atoms with Crippen LogP contribution in [0.5, 0.6) is 5.75 Å². The lowest BCUT2D eigenvalue weighted by molar-refractivity contribution is 0.0992. The van der Waals surface area contributed by atoms with Gasteiger partial charge in [0.1, 0.15) is 29.5 Å². The molecule has 0 saturated heterocycles. The number of ether oxygens (including phenoxy) is 1. The highest BCUT2D eigenvalue weighted by molar-refractivity contribution is 6.31. The van der Waals surface area contributed by atoms with Crippen LogP contribution in [-0.2, 0) is 6.61 Å². The fraction of sp³-hybridized carbons (Fsp3) is 0.333. The molecule has 148 valence electrons. The van der Waals surface area contributed by atoms with Crippen LogP contribution >= 0.6 is 11.6 Å². The van der Waals surface area contributed by atoms with Gasteiger partial charge in [-0.15, -0.1) is 0 Å². The second kappa shape index (κ2) is 8.10. The number of benzene rings is 1. The van der Waals surface area contributed by atoms with Crippen molar-refractivity contribution in [2.75, 3.05) is 5.32 Å². The number of amides is 1. The standard InChI is InChI=1S/C21H23ClN2O4/c1-11(2)16-9-17(22)12(3)8-19(16)26-10-15-6-7-18(27-15)21(25)23-20-13(4)24-28-14(20)5/h6-9,11H,10H2,1-5H3,(H,23,25). The number of aryl methyl sites for hydroxylation is 3. The Bertz CT molecular complexity index is 985. The minimum atomic E-state index is -0.370. The van der Waals surface area contributed by atoms with Gasteiger partial charge < -0.3 is 19.0 Å². The molecule has 7 heteroatoms. The van der Waals surface area contributed by atoms with E-state index >= 15 is 0 Å². The van der Waals surface area contributed by atoms with E-state index in [1.165, 1.54) is 0 Å². The maximum Gasteiger partial charge on any atom is 0.291 e. The van der Waals surface area contributed by atoms with Crippen LogP contribution in [0.2, 0.25) is 5.02 Å². The quantitative estimate of drug-likeness (QED) is 0.563. The number of rotatable bonds is 6. The highest BCUT2D eigenvalue weighted by Gasteiger charge is 2.17. The van der Waals surface area contributed by atoms with E-state index in [0.717, 1.165) is 16.9 Å². The highest BCUT2D eigenvalue weighted by atomic mass is 35.5. The zero-order chi connectivity index (χ0) is 20.4. The van der Waals surface area contributed by atoms with Crippen LogP contribution in [0.25, 0.3) is 0 Å². The molecule has 0 unspecified atom stereocenters. The first-order valence-electron chi connectivity index (χ1n) is 9.02. The van der Waals surface area contributed by atoms with Crippen molar-refractivity contribution >= 4 is 23.2 Å². The lowest BCUT2D eigenvalue weighted by atomic mass is 10.0. The summed E-state index contributed by atoms with van der Waals surface area (Å²) < 4.78 is 16.6. The Morgan fingerprint density at radius 1 is 1.25 bits per heavy atom. The van der Waals surface area contributed by atoms with Crippen molar-refractivity contribution in [2.24, 2.45) is 0 Å². The molecule has 0 atom stereocenters. The van der Waals surface area contributed by atoms with Crippen molar-refractivity contribution in [3.8, 4) is 5.75 Å². The number of halogens is 1. The monoisotopic (exact) mass is 402 g/mol. The number of anilines is 1. The maximum absolute atomic E-state index is 12.4. The van der Waals surface area contributed by atoms with Gasteiger partial charge in [-0.3, -0.25) is 4.79 Å². The topological polar surface area (TPSA) is 77.5 Å². The number of nitrogens with one attached hydrogen (secondary N) is 1. The minimum absolute atomic E-state index is 0.190. The lowest BCUT2D eigenvalue weighted by Crippen LogP contribution is -2.12. The van der Waals surface area contributed by atoms with E-state index in [1.807, 2.05) is 19.1 Å². The number of aromatic nitrogens is 1. The molecule has 0 spiro atoms. The molecule has 1 aromatic carbocycles. The molecule has 28 heavy (non-hydrogen) atoms. The Balaban J connectivity index is 1.70. The molecule has 3 rings (SSSR count). The Labute approximate surface area is 168 Å². The predicted molar refractivity (Wildman–Crippen MR) is 107 cm³/mol. The molecular weight excluding hydrogens is 380 g/mol. The summed E-state index contributed by atoms with van der Waals surface area (Å²) in [5.41, 5.74) is 3.14. The molecule has 0 aliphatic rings. The maximum atomic E-state index is 12.4. The van der Waals surface area contributed by atoms with E-state index in [1.54, 1.807) is 26.0 Å². The third-order valence-electron chi connectivity index (χ3n) is 4.44. The van der Waals surface area contributed by atoms with Crippen LogP contribution < -0.4 is 10.1 Å². The largest absolute Gasteiger partial charge is 0.485 e. The molecule has 2 aromatic heterocycles. The van der Waals surface area contributed by atoms with Gasteiger partial charge in [0, 0.05) is 5.02 Å². The van der Waals surface area contributed by atoms with Crippen LogP contribution in [0.4, 0.5) is 5.69 Å². The van der Waals surface area contributed by atoms with Crippen LogP contribution in [0.15, 0.2) is 33.2 Å². The molecule has 0 aliphatic carbocycles. The average Bonchev–Trinajstić information content (AvgIpc) is 3.24. The smallest absolute Gasteiger partial charge is 0.291 e. The van der Waals surface area contributed by atoms with E-state index in [-0.39, 0.29) is 24.2 Å². The van der Waals surface area contributed by atoms with Crippen molar-refractivity contribution in [1.82, 2.24) is 5.16 Å². The fourth-order valence-electron chi connectivity index (χ4n) is 2.81. The molecule has 0 fully saturated rings. The SMILES string of the molecule is Cc1cc(OCc2ccc(C(=O)Nc3c(C)noc3C)o2)c(C(C)C)cc1Cl. The van der Waals surface area contributed by atoms with E-state index in [4.69, 9.17) is 25.3 Å². The highest BCUT2D eigenvalue weighted by Crippen LogP contribution is 2.32. The average molecular weight is 403 g/mol. The van der Waals surface area contributed by atoms with Crippen LogP contribution in [-0.4, -0.2) is 11.1 Å². The van der Waals surface area contributed by atoms with Crippen molar-refractivity contribution in [3.63, 3.8) is 0 Å². The lowest BCUT2D eigenvalue weighted by Gasteiger charge is -2.15. The molecular formula is C21H23ClN2O4. The van der Waals surface area contributed by atoms with Crippen LogP contribution in [0.1, 0.15) is 58.7 Å². The molecule has 1 N–H and O–H groups in total. The summed E-state index contributed by atoms with van der Waals surface area (Å²) in [6.07, 6.45) is 0. The Hall–Kier alpha value is -2.73. The summed E-state index contributed by atoms with van der Waals surface area (Å²) in [4.78, 5) is 12.4. The van der Waals surface area contributed by atoms with Crippen LogP contribution in [0, 0.1) is 20.8 Å². The first kappa shape index (κ1) is 20.0. The normalized spacial score (nSPS) is 11.1. The summed E-state index contributed by atoms with van der Waals surface area (Å²) in [5.74, 6) is 1.93. The van der Waals surface area contributed by atoms with Crippen molar-refractivity contribution in [2.45, 2.75) is 47.1 Å². The number of hydrogen-bond acceptors (Lipinski definition) is 5. The summed E-state index contributed by atoms with van der Waals surface area (Å²) in [5, 5.41) is 7.29. The Morgan fingerprint density at radius 3 is 2.64 bits per heavy atom. The van der Waals surface area contributed by atoms with E-state index < -0.39 is 0 Å². The van der Waals surface area contributed by atoms with Crippen molar-refractivity contribution in [1.29, 1.82) is 0 Å². The van der Waals surface area contributed by atoms with Gasteiger partial charge in [0.05, 0.1) is 0 Å². The third-order valence-corrected chi connectivity index (χ3v) is 4.85. The van der Waals surface area contributed by atoms with E-state index in [0.29, 0.717) is 27.9 Å². The van der Waals surface area contributed by atoms with Crippen molar-refractivity contribution in [3.05, 3.63) is 63.4 Å². The molecule has 3 aromatic rings. The number of carbonyl (C=O) groups excluding carboxylic acids is 1. The second-order valence-electron chi connectivity index (χ2n) is 7.00. The molecule has 2 heterocycles. The molecule has 0 bridgehead atoms. The molecule has 6 nitrogen and oxygen atoms in total. The van der Waals surface area contributed by atoms with E-state index in [2.05, 4.69) is 24.3 Å². The summed E-state index contributed by atoms with van der Waals surface area (Å²) in [7, 11) is 0. The Morgan fingerprint density at radius 2 is 2.00 bits per heavy atom. The summed E-state index contributed by atoms with van der Waals surface area (Å²) >= 11 is 6.24. The zero-order valence-electron chi connectivity index (χ0n) is 16.6. The van der Waals surface area contributed by atoms with Gasteiger partial charge in [-0.1, -0.05) is 30.6 Å². The number of nitrogens with zero attached hydrogens (tertiary/aromatic N) is 1. The molecule has 0 radical (unpaired) electrons. The molecule has 1 amide bonds. The van der Waals surface area contributed by atoms with Gasteiger partial charge in [-0.25, -0.2) is 0 Å². The van der Waals surface area contributed by atoms with Gasteiger partial charge in [-0.2, -0.15) is 0 Å². The summed E-state index contributed by atoms with van der Waals surface area (Å²) in [6.45, 7) is 9.80. The molecule has 0 saturated carbocycles. The van der Waals surface area contributed by atoms with Crippen molar-refractivity contribution < 1.29 is 18.5 Å². The van der Waals surface area contributed by atoms with Gasteiger partial charge in [0.25, 0.3) is 5.91 Å². The van der Waals surface area contributed by atoms with Gasteiger partial charge in [0.2, 0.25) is 0 Å². The second-order valence-corrected chi connectivity index (χ2v) is 7.41. The number of furan rings is 1. The van der Waals surface area contributed by atoms with E-state index in [9.17, 15) is 4.79 Å². The van der Waals surface area contributed by atoms with Gasteiger partial charge in [-0.05, 0) is 62.1 Å². The first-order valence-corrected chi connectivity index (χ1v) is 9.39. The third kappa shape index (κ3) is 4.22. The zero-order valence-corrected chi connectivity index (χ0v) is 17.3. The van der Waals surface area contributed by atoms with Crippen LogP contribution in [0.3, 0.4) is 0 Å². The predicted octanol–water partition coefficient (Wildman–Crippen LogP) is 5.80. The Kier molecular flexibility index (Phi) is 5.79. The fourth-order valence-corrected chi connectivity index (χ4v) is 2.98. The summed E-state index contributed by atoms with van der Waals surface area (Å²) in [6, 6.07) is 7.19. The molecule has 0 aliphatic heterocycles. The minimum Gasteiger partial charge on any atom is -0.485 e. The number of hydrogen-bond donors (Lipinski definition) is 1.